The molecule has 1 aliphatic heterocycles. The summed E-state index contributed by atoms with van der Waals surface area (Å²) in [5, 5.41) is 3.15. The monoisotopic (exact) mass is 267 g/mol. The summed E-state index contributed by atoms with van der Waals surface area (Å²) >= 11 is 0. The molecule has 1 N–H and O–H groups in total. The number of hydrogen-bond acceptors (Lipinski definition) is 5. The van der Waals surface area contributed by atoms with Crippen molar-refractivity contribution in [3.05, 3.63) is 17.3 Å². The molecule has 2 rings (SSSR count). The normalized spacial score (nSPS) is 17.5. The third-order valence-electron chi connectivity index (χ3n) is 3.33. The first kappa shape index (κ1) is 14.0. The summed E-state index contributed by atoms with van der Waals surface area (Å²) in [7, 11) is 0. The molecule has 19 heavy (non-hydrogen) atoms. The second-order valence-corrected chi connectivity index (χ2v) is 4.79. The molecule has 0 aliphatic carbocycles. The first-order chi connectivity index (χ1) is 9.08. The van der Waals surface area contributed by atoms with Gasteiger partial charge < -0.3 is 14.1 Å². The molecule has 0 spiro atoms. The number of rotatable bonds is 4. The lowest BCUT2D eigenvalue weighted by atomic mass is 10.2. The molecule has 1 saturated heterocycles. The standard InChI is InChI=1S/C13H21N3O3/c1-9-11(3)19-12(15-9)8-14-10(2)13(17)16-4-6-18-7-5-16/h10,14H,4-8H2,1-3H3. The zero-order valence-electron chi connectivity index (χ0n) is 11.7. The van der Waals surface area contributed by atoms with Crippen LogP contribution in [0, 0.1) is 13.8 Å². The molecule has 0 aromatic carbocycles. The summed E-state index contributed by atoms with van der Waals surface area (Å²) in [6.07, 6.45) is 0. The van der Waals surface area contributed by atoms with Crippen molar-refractivity contribution >= 4 is 5.91 Å². The van der Waals surface area contributed by atoms with E-state index < -0.39 is 0 Å². The first-order valence-corrected chi connectivity index (χ1v) is 6.60. The Labute approximate surface area is 113 Å². The van der Waals surface area contributed by atoms with Crippen molar-refractivity contribution in [2.45, 2.75) is 33.4 Å². The number of aryl methyl sites for hydroxylation is 2. The van der Waals surface area contributed by atoms with Gasteiger partial charge in [-0.2, -0.15) is 0 Å². The molecule has 2 heterocycles. The van der Waals surface area contributed by atoms with E-state index in [4.69, 9.17) is 9.15 Å². The molecule has 1 aromatic heterocycles. The van der Waals surface area contributed by atoms with Gasteiger partial charge in [0.25, 0.3) is 0 Å². The fourth-order valence-electron chi connectivity index (χ4n) is 2.00. The van der Waals surface area contributed by atoms with Crippen LogP contribution in [-0.4, -0.2) is 48.1 Å². The van der Waals surface area contributed by atoms with E-state index in [1.165, 1.54) is 0 Å². The van der Waals surface area contributed by atoms with Crippen LogP contribution < -0.4 is 5.32 Å². The summed E-state index contributed by atoms with van der Waals surface area (Å²) in [5.41, 5.74) is 0.893. The van der Waals surface area contributed by atoms with E-state index in [-0.39, 0.29) is 11.9 Å². The smallest absolute Gasteiger partial charge is 0.239 e. The van der Waals surface area contributed by atoms with Crippen LogP contribution in [0.25, 0.3) is 0 Å². The highest BCUT2D eigenvalue weighted by Crippen LogP contribution is 2.08. The maximum atomic E-state index is 12.1. The van der Waals surface area contributed by atoms with Crippen molar-refractivity contribution in [2.24, 2.45) is 0 Å². The van der Waals surface area contributed by atoms with Crippen molar-refractivity contribution in [3.8, 4) is 0 Å². The average Bonchev–Trinajstić information content (AvgIpc) is 2.75. The molecule has 0 bridgehead atoms. The van der Waals surface area contributed by atoms with Crippen molar-refractivity contribution in [3.63, 3.8) is 0 Å². The molecule has 1 fully saturated rings. The van der Waals surface area contributed by atoms with E-state index in [0.29, 0.717) is 38.7 Å². The van der Waals surface area contributed by atoms with Gasteiger partial charge >= 0.3 is 0 Å². The van der Waals surface area contributed by atoms with Crippen LogP contribution in [0.2, 0.25) is 0 Å². The Bertz CT molecular complexity index is 419. The fraction of sp³-hybridized carbons (Fsp3) is 0.692. The van der Waals surface area contributed by atoms with Gasteiger partial charge in [-0.25, -0.2) is 4.98 Å². The summed E-state index contributed by atoms with van der Waals surface area (Å²) in [4.78, 5) is 18.3. The zero-order valence-corrected chi connectivity index (χ0v) is 11.7. The van der Waals surface area contributed by atoms with Crippen LogP contribution in [0.1, 0.15) is 24.3 Å². The number of carbonyl (C=O) groups is 1. The van der Waals surface area contributed by atoms with Gasteiger partial charge in [0.05, 0.1) is 31.5 Å². The molecular weight excluding hydrogens is 246 g/mol. The quantitative estimate of drug-likeness (QED) is 0.866. The van der Waals surface area contributed by atoms with Gasteiger partial charge in [0.1, 0.15) is 5.76 Å². The summed E-state index contributed by atoms with van der Waals surface area (Å²) in [5.74, 6) is 1.55. The van der Waals surface area contributed by atoms with E-state index in [9.17, 15) is 4.79 Å². The second-order valence-electron chi connectivity index (χ2n) is 4.79. The van der Waals surface area contributed by atoms with Gasteiger partial charge in [-0.3, -0.25) is 10.1 Å². The van der Waals surface area contributed by atoms with E-state index >= 15 is 0 Å². The highest BCUT2D eigenvalue weighted by molar-refractivity contribution is 5.81. The molecule has 1 unspecified atom stereocenters. The van der Waals surface area contributed by atoms with Crippen LogP contribution in [-0.2, 0) is 16.1 Å². The number of morpholine rings is 1. The number of nitrogens with one attached hydrogen (secondary N) is 1. The summed E-state index contributed by atoms with van der Waals surface area (Å²) in [6.45, 7) is 8.70. The van der Waals surface area contributed by atoms with Gasteiger partial charge in [0, 0.05) is 13.1 Å². The molecular formula is C13H21N3O3. The van der Waals surface area contributed by atoms with Crippen LogP contribution in [0.3, 0.4) is 0 Å². The molecule has 1 atom stereocenters. The Kier molecular flexibility index (Phi) is 4.55. The van der Waals surface area contributed by atoms with Crippen LogP contribution in [0.15, 0.2) is 4.42 Å². The van der Waals surface area contributed by atoms with E-state index in [1.807, 2.05) is 25.7 Å². The van der Waals surface area contributed by atoms with Crippen LogP contribution in [0.5, 0.6) is 0 Å². The van der Waals surface area contributed by atoms with E-state index in [1.54, 1.807) is 0 Å². The number of ether oxygens (including phenoxy) is 1. The molecule has 1 aromatic rings. The maximum absolute atomic E-state index is 12.1. The van der Waals surface area contributed by atoms with Gasteiger partial charge in [0.2, 0.25) is 11.8 Å². The molecule has 6 nitrogen and oxygen atoms in total. The topological polar surface area (TPSA) is 67.6 Å². The van der Waals surface area contributed by atoms with Crippen LogP contribution in [0.4, 0.5) is 0 Å². The highest BCUT2D eigenvalue weighted by atomic mass is 16.5. The van der Waals surface area contributed by atoms with Gasteiger partial charge in [0.15, 0.2) is 0 Å². The maximum Gasteiger partial charge on any atom is 0.239 e. The minimum Gasteiger partial charge on any atom is -0.444 e. The molecule has 1 amide bonds. The SMILES string of the molecule is Cc1nc(CNC(C)C(=O)N2CCOCC2)oc1C. The van der Waals surface area contributed by atoms with Crippen molar-refractivity contribution in [1.29, 1.82) is 0 Å². The molecule has 106 valence electrons. The second kappa shape index (κ2) is 6.16. The van der Waals surface area contributed by atoms with Crippen molar-refractivity contribution < 1.29 is 13.9 Å². The molecule has 6 heteroatoms. The van der Waals surface area contributed by atoms with E-state index in [0.717, 1.165) is 11.5 Å². The summed E-state index contributed by atoms with van der Waals surface area (Å²) in [6, 6.07) is -0.245. The van der Waals surface area contributed by atoms with E-state index in [2.05, 4.69) is 10.3 Å². The Balaban J connectivity index is 1.83. The number of amides is 1. The van der Waals surface area contributed by atoms with Gasteiger partial charge in [-0.1, -0.05) is 0 Å². The molecule has 0 radical (unpaired) electrons. The van der Waals surface area contributed by atoms with Crippen molar-refractivity contribution in [2.75, 3.05) is 26.3 Å². The van der Waals surface area contributed by atoms with Crippen LogP contribution >= 0.6 is 0 Å². The molecule has 1 aliphatic rings. The third-order valence-corrected chi connectivity index (χ3v) is 3.33. The predicted octanol–water partition coefficient (Wildman–Crippen LogP) is 0.628. The fourth-order valence-corrected chi connectivity index (χ4v) is 2.00. The Morgan fingerprint density at radius 1 is 1.42 bits per heavy atom. The molecule has 0 saturated carbocycles. The third kappa shape index (κ3) is 3.54. The first-order valence-electron chi connectivity index (χ1n) is 6.60. The largest absolute Gasteiger partial charge is 0.444 e. The predicted molar refractivity (Wildman–Crippen MR) is 69.7 cm³/mol. The minimum absolute atomic E-state index is 0.100. The lowest BCUT2D eigenvalue weighted by Gasteiger charge is -2.29. The average molecular weight is 267 g/mol. The summed E-state index contributed by atoms with van der Waals surface area (Å²) < 4.78 is 10.7. The number of hydrogen-bond donors (Lipinski definition) is 1. The van der Waals surface area contributed by atoms with Gasteiger partial charge in [-0.05, 0) is 20.8 Å². The van der Waals surface area contributed by atoms with Gasteiger partial charge in [-0.15, -0.1) is 0 Å². The highest BCUT2D eigenvalue weighted by Gasteiger charge is 2.22. The van der Waals surface area contributed by atoms with Crippen molar-refractivity contribution in [1.82, 2.24) is 15.2 Å². The lowest BCUT2D eigenvalue weighted by molar-refractivity contribution is -0.137. The Morgan fingerprint density at radius 2 is 2.11 bits per heavy atom. The minimum atomic E-state index is -0.245. The number of carbonyl (C=O) groups excluding carboxylic acids is 1. The number of aromatic nitrogens is 1. The number of oxazole rings is 1. The number of nitrogens with zero attached hydrogens (tertiary/aromatic N) is 2. The Hall–Kier alpha value is -1.40. The Morgan fingerprint density at radius 3 is 2.68 bits per heavy atom. The lowest BCUT2D eigenvalue weighted by Crippen LogP contribution is -2.49. The zero-order chi connectivity index (χ0) is 13.8.